The zero-order valence-electron chi connectivity index (χ0n) is 22.4. The zero-order chi connectivity index (χ0) is 26.6. The molecule has 0 amide bonds. The number of pyridine rings is 1. The topological polar surface area (TPSA) is 78.1 Å². The number of benzene rings is 1. The molecule has 8 heteroatoms. The molecule has 6 rings (SSSR count). The molecular weight excluding hydrogens is 492 g/mol. The van der Waals surface area contributed by atoms with Gasteiger partial charge in [0.05, 0.1) is 34.6 Å². The minimum absolute atomic E-state index is 0.105. The van der Waals surface area contributed by atoms with E-state index in [1.54, 1.807) is 23.6 Å². The van der Waals surface area contributed by atoms with Gasteiger partial charge in [0.2, 0.25) is 0 Å². The average molecular weight is 525 g/mol. The number of aromatic nitrogens is 3. The number of fused-ring (bicyclic) bond motifs is 2. The monoisotopic (exact) mass is 524 g/mol. The molecule has 0 bridgehead atoms. The second-order valence-corrected chi connectivity index (χ2v) is 12.4. The fraction of sp³-hybridized carbons (Fsp3) is 0.400. The lowest BCUT2D eigenvalue weighted by Gasteiger charge is -2.38. The number of hydrogen-bond donors (Lipinski definition) is 0. The Kier molecular flexibility index (Phi) is 6.09. The summed E-state index contributed by atoms with van der Waals surface area (Å²) in [5.74, 6) is 0. The van der Waals surface area contributed by atoms with Crippen molar-refractivity contribution >= 4 is 27.2 Å². The van der Waals surface area contributed by atoms with Crippen LogP contribution in [0.5, 0.6) is 0 Å². The Bertz CT molecular complexity index is 1640. The largest absolute Gasteiger partial charge is 0.366 e. The summed E-state index contributed by atoms with van der Waals surface area (Å²) in [6, 6.07) is 12.7. The molecule has 1 aromatic carbocycles. The molecule has 38 heavy (non-hydrogen) atoms. The maximum absolute atomic E-state index is 12.5. The number of nitriles is 1. The number of thiophene rings is 1. The molecule has 2 aliphatic heterocycles. The Hall–Kier alpha value is -3.54. The molecule has 0 saturated carbocycles. The minimum atomic E-state index is -0.105. The van der Waals surface area contributed by atoms with Crippen LogP contribution in [0.4, 0.5) is 5.69 Å². The highest BCUT2D eigenvalue weighted by molar-refractivity contribution is 7.19. The fourth-order valence-electron chi connectivity index (χ4n) is 6.05. The molecule has 1 fully saturated rings. The maximum atomic E-state index is 12.5. The van der Waals surface area contributed by atoms with Crippen LogP contribution < -0.4 is 10.5 Å². The fourth-order valence-corrected chi connectivity index (χ4v) is 7.17. The van der Waals surface area contributed by atoms with Gasteiger partial charge in [0.25, 0.3) is 5.56 Å². The van der Waals surface area contributed by atoms with Gasteiger partial charge in [0.15, 0.2) is 0 Å². The number of nitrogens with zero attached hydrogens (tertiary/aromatic N) is 6. The number of hydrogen-bond acceptors (Lipinski definition) is 7. The Morgan fingerprint density at radius 1 is 1.21 bits per heavy atom. The summed E-state index contributed by atoms with van der Waals surface area (Å²) in [5, 5.41) is 14.2. The summed E-state index contributed by atoms with van der Waals surface area (Å²) < 4.78 is 2.57. The van der Waals surface area contributed by atoms with E-state index in [0.717, 1.165) is 64.1 Å². The third-order valence-electron chi connectivity index (χ3n) is 8.21. The molecule has 1 saturated heterocycles. The predicted molar refractivity (Wildman–Crippen MR) is 153 cm³/mol. The van der Waals surface area contributed by atoms with E-state index >= 15 is 0 Å². The van der Waals surface area contributed by atoms with Gasteiger partial charge < -0.3 is 4.90 Å². The molecule has 3 aromatic heterocycles. The summed E-state index contributed by atoms with van der Waals surface area (Å²) in [6.45, 7) is 8.98. The standard InChI is InChI=1S/C30H32N6OS/c1-19-10-27(37)36(33-16-19)18-23-13-26-29(38-23)24(7-8-32-26)25-12-20(15-31)11-21-6-5-9-35(28(21)25)22-14-30(2,3)34(4)17-22/h7-8,10-13,16,22H,5-6,9,14,17-18H2,1-4H3/t22-/m0/s1. The first kappa shape index (κ1) is 24.8. The van der Waals surface area contributed by atoms with Gasteiger partial charge in [-0.3, -0.25) is 14.7 Å². The number of likely N-dealkylation sites (N-methyl/N-ethyl adjacent to an activating group) is 1. The van der Waals surface area contributed by atoms with Gasteiger partial charge in [-0.2, -0.15) is 10.4 Å². The van der Waals surface area contributed by atoms with Crippen molar-refractivity contribution in [3.8, 4) is 17.2 Å². The van der Waals surface area contributed by atoms with Crippen molar-refractivity contribution in [1.82, 2.24) is 19.7 Å². The van der Waals surface area contributed by atoms with Gasteiger partial charge in [0.1, 0.15) is 0 Å². The molecule has 2 aliphatic rings. The van der Waals surface area contributed by atoms with Crippen LogP contribution in [0.1, 0.15) is 48.3 Å². The molecule has 7 nitrogen and oxygen atoms in total. The van der Waals surface area contributed by atoms with Gasteiger partial charge in [0, 0.05) is 58.6 Å². The molecule has 0 unspecified atom stereocenters. The smallest absolute Gasteiger partial charge is 0.267 e. The van der Waals surface area contributed by atoms with E-state index in [-0.39, 0.29) is 11.1 Å². The van der Waals surface area contributed by atoms with Gasteiger partial charge in [-0.1, -0.05) is 0 Å². The highest BCUT2D eigenvalue weighted by Crippen LogP contribution is 2.45. The van der Waals surface area contributed by atoms with Crippen LogP contribution in [0.25, 0.3) is 21.3 Å². The van der Waals surface area contributed by atoms with Crippen LogP contribution in [0, 0.1) is 18.3 Å². The molecule has 194 valence electrons. The van der Waals surface area contributed by atoms with Crippen molar-refractivity contribution in [3.63, 3.8) is 0 Å². The highest BCUT2D eigenvalue weighted by atomic mass is 32.1. The van der Waals surface area contributed by atoms with Gasteiger partial charge in [-0.05, 0) is 82.5 Å². The molecule has 4 aromatic rings. The summed E-state index contributed by atoms with van der Waals surface area (Å²) in [7, 11) is 2.22. The molecule has 0 radical (unpaired) electrons. The molecule has 1 atom stereocenters. The lowest BCUT2D eigenvalue weighted by atomic mass is 9.90. The quantitative estimate of drug-likeness (QED) is 0.375. The van der Waals surface area contributed by atoms with E-state index in [9.17, 15) is 10.1 Å². The Morgan fingerprint density at radius 3 is 2.79 bits per heavy atom. The maximum Gasteiger partial charge on any atom is 0.267 e. The van der Waals surface area contributed by atoms with Gasteiger partial charge >= 0.3 is 0 Å². The Labute approximate surface area is 227 Å². The first-order valence-electron chi connectivity index (χ1n) is 13.2. The third kappa shape index (κ3) is 4.30. The first-order chi connectivity index (χ1) is 18.2. The lowest BCUT2D eigenvalue weighted by molar-refractivity contribution is 0.218. The number of anilines is 1. The zero-order valence-corrected chi connectivity index (χ0v) is 23.2. The first-order valence-corrected chi connectivity index (χ1v) is 14.0. The number of likely N-dealkylation sites (tertiary alicyclic amines) is 1. The van der Waals surface area contributed by atoms with Crippen LogP contribution in [-0.4, -0.2) is 51.4 Å². The molecule has 0 N–H and O–H groups in total. The summed E-state index contributed by atoms with van der Waals surface area (Å²) >= 11 is 1.65. The minimum Gasteiger partial charge on any atom is -0.366 e. The lowest BCUT2D eigenvalue weighted by Crippen LogP contribution is -2.41. The van der Waals surface area contributed by atoms with Crippen molar-refractivity contribution in [2.45, 2.75) is 58.2 Å². The Morgan fingerprint density at radius 2 is 2.05 bits per heavy atom. The van der Waals surface area contributed by atoms with Crippen LogP contribution in [0.2, 0.25) is 0 Å². The summed E-state index contributed by atoms with van der Waals surface area (Å²) in [4.78, 5) is 23.2. The molecule has 5 heterocycles. The molecule has 0 aliphatic carbocycles. The van der Waals surface area contributed by atoms with Crippen molar-refractivity contribution in [3.05, 3.63) is 74.6 Å². The van der Waals surface area contributed by atoms with Gasteiger partial charge in [-0.15, -0.1) is 11.3 Å². The van der Waals surface area contributed by atoms with E-state index in [1.165, 1.54) is 15.9 Å². The third-order valence-corrected chi connectivity index (χ3v) is 9.35. The van der Waals surface area contributed by atoms with E-state index < -0.39 is 0 Å². The van der Waals surface area contributed by atoms with Crippen molar-refractivity contribution in [1.29, 1.82) is 5.26 Å². The molecule has 0 spiro atoms. The van der Waals surface area contributed by atoms with Crippen LogP contribution in [0.3, 0.4) is 0 Å². The number of aryl methyl sites for hydroxylation is 2. The SMILES string of the molecule is Cc1cnn(Cc2cc3nccc(-c4cc(C#N)cc5c4N([C@@H]4CN(C)C(C)(C)C4)CCC5)c3s2)c(=O)c1. The number of rotatable bonds is 4. The average Bonchev–Trinajstić information content (AvgIpc) is 3.43. The van der Waals surface area contributed by atoms with Crippen LogP contribution in [-0.2, 0) is 13.0 Å². The van der Waals surface area contributed by atoms with E-state index in [2.05, 4.69) is 71.1 Å². The van der Waals surface area contributed by atoms with Crippen LogP contribution in [0.15, 0.2) is 47.5 Å². The van der Waals surface area contributed by atoms with Crippen LogP contribution >= 0.6 is 11.3 Å². The molecular formula is C30H32N6OS. The second-order valence-electron chi connectivity index (χ2n) is 11.3. The summed E-state index contributed by atoms with van der Waals surface area (Å²) in [5.41, 5.74) is 7.24. The predicted octanol–water partition coefficient (Wildman–Crippen LogP) is 4.98. The van der Waals surface area contributed by atoms with E-state index in [0.29, 0.717) is 18.2 Å². The van der Waals surface area contributed by atoms with Gasteiger partial charge in [-0.25, -0.2) is 4.68 Å². The van der Waals surface area contributed by atoms with Crippen molar-refractivity contribution in [2.75, 3.05) is 25.0 Å². The van der Waals surface area contributed by atoms with Crippen molar-refractivity contribution in [2.24, 2.45) is 0 Å². The normalized spacial score (nSPS) is 19.0. The van der Waals surface area contributed by atoms with Crippen molar-refractivity contribution < 1.29 is 0 Å². The Balaban J connectivity index is 1.47. The summed E-state index contributed by atoms with van der Waals surface area (Å²) in [6.07, 6.45) is 6.75. The van der Waals surface area contributed by atoms with E-state index in [1.807, 2.05) is 13.1 Å². The van der Waals surface area contributed by atoms with E-state index in [4.69, 9.17) is 0 Å². The second kappa shape index (κ2) is 9.33. The highest BCUT2D eigenvalue weighted by Gasteiger charge is 2.40.